The van der Waals surface area contributed by atoms with Crippen LogP contribution in [0.5, 0.6) is 17.2 Å². The van der Waals surface area contributed by atoms with E-state index >= 15 is 0 Å². The Morgan fingerprint density at radius 3 is 2.91 bits per heavy atom. The van der Waals surface area contributed by atoms with Gasteiger partial charge < -0.3 is 25.2 Å². The van der Waals surface area contributed by atoms with E-state index in [1.165, 1.54) is 20.0 Å². The van der Waals surface area contributed by atoms with Crippen LogP contribution >= 0.6 is 0 Å². The lowest BCUT2D eigenvalue weighted by atomic mass is 10.1. The van der Waals surface area contributed by atoms with Crippen molar-refractivity contribution in [3.63, 3.8) is 0 Å². The van der Waals surface area contributed by atoms with E-state index in [4.69, 9.17) is 9.47 Å². The Balaban J connectivity index is 1.39. The normalized spacial score (nSPS) is 18.5. The Morgan fingerprint density at radius 2 is 2.16 bits per heavy atom. The van der Waals surface area contributed by atoms with E-state index in [-0.39, 0.29) is 23.3 Å². The number of benzene rings is 1. The molecule has 1 saturated carbocycles. The Labute approximate surface area is 186 Å². The van der Waals surface area contributed by atoms with E-state index in [1.807, 2.05) is 22.7 Å². The van der Waals surface area contributed by atoms with Crippen LogP contribution in [0.3, 0.4) is 0 Å². The first-order chi connectivity index (χ1) is 15.6. The van der Waals surface area contributed by atoms with Gasteiger partial charge in [0.15, 0.2) is 0 Å². The maximum atomic E-state index is 12.5. The van der Waals surface area contributed by atoms with Crippen LogP contribution in [-0.4, -0.2) is 52.7 Å². The third kappa shape index (κ3) is 4.23. The van der Waals surface area contributed by atoms with Crippen molar-refractivity contribution in [2.24, 2.45) is 0 Å². The molecule has 1 aliphatic carbocycles. The fourth-order valence-corrected chi connectivity index (χ4v) is 4.15. The summed E-state index contributed by atoms with van der Waals surface area (Å²) in [7, 11) is 1.49. The van der Waals surface area contributed by atoms with E-state index in [0.29, 0.717) is 24.0 Å². The highest BCUT2D eigenvalue weighted by Gasteiger charge is 2.27. The van der Waals surface area contributed by atoms with Crippen molar-refractivity contribution in [2.75, 3.05) is 20.3 Å². The molecule has 8 nitrogen and oxygen atoms in total. The van der Waals surface area contributed by atoms with Gasteiger partial charge in [0.25, 0.3) is 5.91 Å². The molecule has 1 aliphatic heterocycles. The van der Waals surface area contributed by atoms with Gasteiger partial charge in [0.05, 0.1) is 19.0 Å². The van der Waals surface area contributed by atoms with Gasteiger partial charge >= 0.3 is 0 Å². The molecule has 3 aromatic rings. The average Bonchev–Trinajstić information content (AvgIpc) is 3.52. The first kappa shape index (κ1) is 20.6. The number of phenolic OH excluding ortho intramolecular Hbond substituents is 1. The van der Waals surface area contributed by atoms with Gasteiger partial charge in [-0.15, -0.1) is 0 Å². The number of ether oxygens (including phenoxy) is 2. The number of nitrogens with one attached hydrogen (secondary N) is 2. The summed E-state index contributed by atoms with van der Waals surface area (Å²) in [6, 6.07) is 7.73. The van der Waals surface area contributed by atoms with Crippen LogP contribution in [0.1, 0.15) is 42.5 Å². The second kappa shape index (κ2) is 8.70. The van der Waals surface area contributed by atoms with Gasteiger partial charge in [-0.2, -0.15) is 0 Å². The lowest BCUT2D eigenvalue weighted by Crippen LogP contribution is -2.38. The van der Waals surface area contributed by atoms with Crippen LogP contribution in [0, 0.1) is 0 Å². The third-order valence-electron chi connectivity index (χ3n) is 6.08. The summed E-state index contributed by atoms with van der Waals surface area (Å²) in [6.07, 6.45) is 9.18. The highest BCUT2D eigenvalue weighted by Crippen LogP contribution is 2.35. The van der Waals surface area contributed by atoms with Crippen LogP contribution in [0.2, 0.25) is 0 Å². The molecule has 2 aromatic heterocycles. The summed E-state index contributed by atoms with van der Waals surface area (Å²) in [5.41, 5.74) is 2.38. The number of carbonyl (C=O) groups excluding carboxylic acids is 1. The molecule has 3 N–H and O–H groups in total. The maximum Gasteiger partial charge on any atom is 0.259 e. The Bertz CT molecular complexity index is 1130. The van der Waals surface area contributed by atoms with E-state index in [0.717, 1.165) is 42.9 Å². The average molecular weight is 437 g/mol. The molecule has 0 radical (unpaired) electrons. The number of fused-ring (bicyclic) bond motifs is 1. The van der Waals surface area contributed by atoms with Crippen molar-refractivity contribution in [1.82, 2.24) is 20.0 Å². The standard InChI is InChI=1S/C24H28N4O4/c1-31-21-11-15(10-20(29)23(21)24(30)27-16-5-6-16)19-13-26-22-12-18(7-9-28(19)22)32-14-17-4-2-3-8-25-17/h7,9-13,16-17,25,29H,2-6,8,14H2,1H3,(H,27,30). The van der Waals surface area contributed by atoms with E-state index in [9.17, 15) is 9.90 Å². The maximum absolute atomic E-state index is 12.5. The van der Waals surface area contributed by atoms with Crippen LogP contribution in [0.15, 0.2) is 36.7 Å². The van der Waals surface area contributed by atoms with E-state index < -0.39 is 0 Å². The zero-order chi connectivity index (χ0) is 22.1. The molecule has 2 aliphatic rings. The number of piperidine rings is 1. The SMILES string of the molecule is COc1cc(-c2cnc3cc(OCC4CCCCN4)ccn23)cc(O)c1C(=O)NC1CC1. The summed E-state index contributed by atoms with van der Waals surface area (Å²) in [5.74, 6) is 0.663. The second-order valence-electron chi connectivity index (χ2n) is 8.51. The van der Waals surface area contributed by atoms with Crippen molar-refractivity contribution in [3.05, 3.63) is 42.2 Å². The van der Waals surface area contributed by atoms with Gasteiger partial charge in [-0.3, -0.25) is 9.20 Å². The lowest BCUT2D eigenvalue weighted by molar-refractivity contribution is 0.0945. The number of nitrogens with zero attached hydrogens (tertiary/aromatic N) is 2. The van der Waals surface area contributed by atoms with Crippen LogP contribution < -0.4 is 20.1 Å². The van der Waals surface area contributed by atoms with Crippen molar-refractivity contribution in [2.45, 2.75) is 44.2 Å². The molecule has 0 spiro atoms. The highest BCUT2D eigenvalue weighted by molar-refractivity contribution is 6.00. The molecule has 1 saturated heterocycles. The number of aromatic nitrogens is 2. The lowest BCUT2D eigenvalue weighted by Gasteiger charge is -2.23. The summed E-state index contributed by atoms with van der Waals surface area (Å²) < 4.78 is 13.3. The highest BCUT2D eigenvalue weighted by atomic mass is 16.5. The number of imidazole rings is 1. The van der Waals surface area contributed by atoms with Crippen molar-refractivity contribution in [3.8, 4) is 28.5 Å². The minimum Gasteiger partial charge on any atom is -0.507 e. The topological polar surface area (TPSA) is 97.1 Å². The van der Waals surface area contributed by atoms with E-state index in [1.54, 1.807) is 18.3 Å². The van der Waals surface area contributed by atoms with Crippen molar-refractivity contribution >= 4 is 11.6 Å². The molecule has 2 fully saturated rings. The predicted octanol–water partition coefficient (Wildman–Crippen LogP) is 3.13. The van der Waals surface area contributed by atoms with Crippen LogP contribution in [0.25, 0.3) is 16.9 Å². The summed E-state index contributed by atoms with van der Waals surface area (Å²) in [5, 5.41) is 17.0. The fourth-order valence-electron chi connectivity index (χ4n) is 4.15. The number of amides is 1. The van der Waals surface area contributed by atoms with Gasteiger partial charge in [0.1, 0.15) is 35.1 Å². The Morgan fingerprint density at radius 1 is 1.28 bits per heavy atom. The minimum absolute atomic E-state index is 0.118. The van der Waals surface area contributed by atoms with Gasteiger partial charge in [-0.25, -0.2) is 4.98 Å². The third-order valence-corrected chi connectivity index (χ3v) is 6.08. The number of pyridine rings is 1. The molecule has 1 unspecified atom stereocenters. The molecule has 3 heterocycles. The zero-order valence-corrected chi connectivity index (χ0v) is 18.1. The van der Waals surface area contributed by atoms with Gasteiger partial charge in [0.2, 0.25) is 0 Å². The second-order valence-corrected chi connectivity index (χ2v) is 8.51. The van der Waals surface area contributed by atoms with Crippen LogP contribution in [-0.2, 0) is 0 Å². The number of methoxy groups -OCH3 is 1. The number of aromatic hydroxyl groups is 1. The molecule has 1 atom stereocenters. The summed E-state index contributed by atoms with van der Waals surface area (Å²) >= 11 is 0. The number of hydrogen-bond donors (Lipinski definition) is 3. The molecule has 32 heavy (non-hydrogen) atoms. The monoisotopic (exact) mass is 436 g/mol. The molecular weight excluding hydrogens is 408 g/mol. The molecular formula is C24H28N4O4. The quantitative estimate of drug-likeness (QED) is 0.527. The number of carbonyl (C=O) groups is 1. The van der Waals surface area contributed by atoms with E-state index in [2.05, 4.69) is 15.6 Å². The van der Waals surface area contributed by atoms with Gasteiger partial charge in [0, 0.05) is 29.9 Å². The molecule has 1 amide bonds. The van der Waals surface area contributed by atoms with Crippen molar-refractivity contribution < 1.29 is 19.4 Å². The first-order valence-electron chi connectivity index (χ1n) is 11.2. The zero-order valence-electron chi connectivity index (χ0n) is 18.1. The van der Waals surface area contributed by atoms with Gasteiger partial charge in [-0.05, 0) is 50.4 Å². The molecule has 168 valence electrons. The number of phenols is 1. The number of rotatable bonds is 7. The summed E-state index contributed by atoms with van der Waals surface area (Å²) in [4.78, 5) is 17.0. The predicted molar refractivity (Wildman–Crippen MR) is 120 cm³/mol. The smallest absolute Gasteiger partial charge is 0.259 e. The fraction of sp³-hybridized carbons (Fsp3) is 0.417. The van der Waals surface area contributed by atoms with Gasteiger partial charge in [-0.1, -0.05) is 6.42 Å². The molecule has 1 aromatic carbocycles. The first-order valence-corrected chi connectivity index (χ1v) is 11.2. The number of hydrogen-bond acceptors (Lipinski definition) is 6. The summed E-state index contributed by atoms with van der Waals surface area (Å²) in [6.45, 7) is 1.69. The molecule has 0 bridgehead atoms. The Kier molecular flexibility index (Phi) is 5.61. The largest absolute Gasteiger partial charge is 0.507 e. The minimum atomic E-state index is -0.319. The molecule has 5 rings (SSSR count). The Hall–Kier alpha value is -3.26. The molecule has 8 heteroatoms. The van der Waals surface area contributed by atoms with Crippen LogP contribution in [0.4, 0.5) is 0 Å². The van der Waals surface area contributed by atoms with Crippen molar-refractivity contribution in [1.29, 1.82) is 0 Å².